The molecule has 1 aromatic rings. The van der Waals surface area contributed by atoms with Crippen molar-refractivity contribution < 1.29 is 9.90 Å². The first-order chi connectivity index (χ1) is 8.47. The molecule has 1 heterocycles. The summed E-state index contributed by atoms with van der Waals surface area (Å²) < 4.78 is 0. The molecule has 1 aliphatic rings. The van der Waals surface area contributed by atoms with Crippen LogP contribution in [0.5, 0.6) is 0 Å². The van der Waals surface area contributed by atoms with Crippen LogP contribution in [0.15, 0.2) is 5.51 Å². The number of aromatic nitrogens is 2. The van der Waals surface area contributed by atoms with Gasteiger partial charge in [-0.3, -0.25) is 4.79 Å². The molecule has 1 aromatic heterocycles. The van der Waals surface area contributed by atoms with E-state index in [0.717, 1.165) is 30.7 Å². The van der Waals surface area contributed by atoms with Gasteiger partial charge in [0.2, 0.25) is 0 Å². The van der Waals surface area contributed by atoms with Crippen LogP contribution in [0.25, 0.3) is 0 Å². The molecule has 5 nitrogen and oxygen atoms in total. The van der Waals surface area contributed by atoms with E-state index >= 15 is 0 Å². The van der Waals surface area contributed by atoms with Crippen molar-refractivity contribution >= 4 is 17.2 Å². The molecule has 0 aromatic carbocycles. The summed E-state index contributed by atoms with van der Waals surface area (Å²) >= 11 is 1.60. The molecular weight excluding hydrogens is 250 g/mol. The van der Waals surface area contributed by atoms with E-state index in [9.17, 15) is 9.90 Å². The summed E-state index contributed by atoms with van der Waals surface area (Å²) in [5, 5.41) is 21.6. The van der Waals surface area contributed by atoms with Gasteiger partial charge in [0.15, 0.2) is 0 Å². The Hall–Kier alpha value is -1.01. The van der Waals surface area contributed by atoms with E-state index in [1.165, 1.54) is 13.8 Å². The Morgan fingerprint density at radius 3 is 2.61 bits per heavy atom. The third-order valence-electron chi connectivity index (χ3n) is 3.34. The summed E-state index contributed by atoms with van der Waals surface area (Å²) in [5.41, 5.74) is 0.466. The van der Waals surface area contributed by atoms with Gasteiger partial charge in [-0.2, -0.15) is 0 Å². The predicted molar refractivity (Wildman–Crippen MR) is 69.3 cm³/mol. The highest BCUT2D eigenvalue weighted by Gasteiger charge is 2.29. The minimum absolute atomic E-state index is 0.174. The van der Waals surface area contributed by atoms with E-state index in [0.29, 0.717) is 5.92 Å². The summed E-state index contributed by atoms with van der Waals surface area (Å²) in [6.45, 7) is 3.02. The fourth-order valence-corrected chi connectivity index (χ4v) is 2.93. The Morgan fingerprint density at radius 2 is 2.11 bits per heavy atom. The summed E-state index contributed by atoms with van der Waals surface area (Å²) in [6.07, 6.45) is 3.91. The van der Waals surface area contributed by atoms with Crippen LogP contribution in [0.4, 0.5) is 0 Å². The molecule has 1 aliphatic carbocycles. The first kappa shape index (κ1) is 13.4. The Balaban J connectivity index is 1.82. The smallest absolute Gasteiger partial charge is 0.251 e. The van der Waals surface area contributed by atoms with Crippen molar-refractivity contribution in [3.05, 3.63) is 10.5 Å². The van der Waals surface area contributed by atoms with Gasteiger partial charge in [0.05, 0.1) is 0 Å². The Kier molecular flexibility index (Phi) is 3.97. The highest BCUT2D eigenvalue weighted by Crippen LogP contribution is 2.33. The Labute approximate surface area is 111 Å². The molecule has 0 bridgehead atoms. The molecule has 100 valence electrons. The number of carbonyl (C=O) groups excluding carboxylic acids is 1. The van der Waals surface area contributed by atoms with Gasteiger partial charge in [0.1, 0.15) is 16.1 Å². The van der Waals surface area contributed by atoms with Gasteiger partial charge in [-0.25, -0.2) is 0 Å². The molecule has 0 spiro atoms. The maximum atomic E-state index is 11.7. The van der Waals surface area contributed by atoms with Gasteiger partial charge in [0, 0.05) is 12.0 Å². The maximum absolute atomic E-state index is 11.7. The Bertz CT molecular complexity index is 392. The molecule has 0 saturated heterocycles. The van der Waals surface area contributed by atoms with Crippen molar-refractivity contribution in [2.75, 3.05) is 0 Å². The van der Waals surface area contributed by atoms with Crippen LogP contribution in [0.3, 0.4) is 0 Å². The SMILES string of the molecule is CC(C)(O)C(=O)NC1CCC(c2nncs2)CC1. The number of aliphatic hydroxyl groups is 1. The van der Waals surface area contributed by atoms with Crippen LogP contribution < -0.4 is 5.32 Å². The van der Waals surface area contributed by atoms with Crippen molar-refractivity contribution in [3.8, 4) is 0 Å². The lowest BCUT2D eigenvalue weighted by molar-refractivity contribution is -0.137. The average molecular weight is 269 g/mol. The lowest BCUT2D eigenvalue weighted by Crippen LogP contribution is -2.47. The van der Waals surface area contributed by atoms with Crippen LogP contribution in [0.1, 0.15) is 50.5 Å². The molecule has 0 radical (unpaired) electrons. The summed E-state index contributed by atoms with van der Waals surface area (Å²) in [6, 6.07) is 0.174. The number of nitrogens with zero attached hydrogens (tertiary/aromatic N) is 2. The zero-order chi connectivity index (χ0) is 13.2. The van der Waals surface area contributed by atoms with Crippen molar-refractivity contribution in [1.29, 1.82) is 0 Å². The number of carbonyl (C=O) groups is 1. The lowest BCUT2D eigenvalue weighted by Gasteiger charge is -2.29. The molecule has 2 N–H and O–H groups in total. The molecule has 2 rings (SSSR count). The van der Waals surface area contributed by atoms with Gasteiger partial charge >= 0.3 is 0 Å². The fraction of sp³-hybridized carbons (Fsp3) is 0.750. The van der Waals surface area contributed by atoms with E-state index in [2.05, 4.69) is 15.5 Å². The molecular formula is C12H19N3O2S. The van der Waals surface area contributed by atoms with Gasteiger partial charge in [0.25, 0.3) is 5.91 Å². The van der Waals surface area contributed by atoms with Crippen LogP contribution in [0.2, 0.25) is 0 Å². The second-order valence-electron chi connectivity index (χ2n) is 5.36. The number of nitrogens with one attached hydrogen (secondary N) is 1. The molecule has 1 saturated carbocycles. The summed E-state index contributed by atoms with van der Waals surface area (Å²) in [4.78, 5) is 11.7. The van der Waals surface area contributed by atoms with Gasteiger partial charge in [-0.1, -0.05) is 0 Å². The Morgan fingerprint density at radius 1 is 1.44 bits per heavy atom. The molecule has 1 fully saturated rings. The third-order valence-corrected chi connectivity index (χ3v) is 4.20. The highest BCUT2D eigenvalue weighted by molar-refractivity contribution is 7.09. The van der Waals surface area contributed by atoms with E-state index in [-0.39, 0.29) is 11.9 Å². The second kappa shape index (κ2) is 5.32. The van der Waals surface area contributed by atoms with Crippen molar-refractivity contribution in [3.63, 3.8) is 0 Å². The first-order valence-electron chi connectivity index (χ1n) is 6.26. The fourth-order valence-electron chi connectivity index (χ4n) is 2.21. The van der Waals surface area contributed by atoms with E-state index in [1.807, 2.05) is 0 Å². The number of rotatable bonds is 3. The minimum atomic E-state index is -1.30. The zero-order valence-electron chi connectivity index (χ0n) is 10.7. The van der Waals surface area contributed by atoms with Crippen molar-refractivity contribution in [2.45, 2.75) is 57.1 Å². The molecule has 1 amide bonds. The number of hydrogen-bond acceptors (Lipinski definition) is 5. The van der Waals surface area contributed by atoms with Crippen molar-refractivity contribution in [2.24, 2.45) is 0 Å². The first-order valence-corrected chi connectivity index (χ1v) is 7.14. The summed E-state index contributed by atoms with van der Waals surface area (Å²) in [7, 11) is 0. The average Bonchev–Trinajstić information content (AvgIpc) is 2.82. The normalized spacial score (nSPS) is 24.8. The predicted octanol–water partition coefficient (Wildman–Crippen LogP) is 1.45. The zero-order valence-corrected chi connectivity index (χ0v) is 11.5. The molecule has 18 heavy (non-hydrogen) atoms. The molecule has 0 atom stereocenters. The van der Waals surface area contributed by atoms with Crippen LogP contribution in [-0.4, -0.2) is 32.9 Å². The molecule has 0 unspecified atom stereocenters. The highest BCUT2D eigenvalue weighted by atomic mass is 32.1. The van der Waals surface area contributed by atoms with Gasteiger partial charge in [-0.05, 0) is 39.5 Å². The second-order valence-corrected chi connectivity index (χ2v) is 6.22. The van der Waals surface area contributed by atoms with Crippen LogP contribution in [-0.2, 0) is 4.79 Å². The lowest BCUT2D eigenvalue weighted by atomic mass is 9.86. The number of amides is 1. The quantitative estimate of drug-likeness (QED) is 0.871. The molecule has 6 heteroatoms. The van der Waals surface area contributed by atoms with Crippen LogP contribution >= 0.6 is 11.3 Å². The monoisotopic (exact) mass is 269 g/mol. The van der Waals surface area contributed by atoms with E-state index in [4.69, 9.17) is 0 Å². The van der Waals surface area contributed by atoms with E-state index < -0.39 is 5.60 Å². The standard InChI is InChI=1S/C12H19N3O2S/c1-12(2,17)11(16)14-9-5-3-8(4-6-9)10-15-13-7-18-10/h7-9,17H,3-6H2,1-2H3,(H,14,16). The van der Waals surface area contributed by atoms with Gasteiger partial charge in [-0.15, -0.1) is 21.5 Å². The molecule has 0 aliphatic heterocycles. The van der Waals surface area contributed by atoms with Crippen molar-refractivity contribution in [1.82, 2.24) is 15.5 Å². The van der Waals surface area contributed by atoms with Crippen LogP contribution in [0, 0.1) is 0 Å². The van der Waals surface area contributed by atoms with Gasteiger partial charge < -0.3 is 10.4 Å². The largest absolute Gasteiger partial charge is 0.381 e. The summed E-state index contributed by atoms with van der Waals surface area (Å²) in [5.74, 6) is 0.189. The maximum Gasteiger partial charge on any atom is 0.251 e. The number of hydrogen-bond donors (Lipinski definition) is 2. The third kappa shape index (κ3) is 3.26. The van der Waals surface area contributed by atoms with E-state index in [1.54, 1.807) is 16.8 Å². The topological polar surface area (TPSA) is 75.1 Å². The minimum Gasteiger partial charge on any atom is -0.381 e.